The van der Waals surface area contributed by atoms with E-state index < -0.39 is 0 Å². The van der Waals surface area contributed by atoms with E-state index in [0.29, 0.717) is 13.2 Å². The molecule has 14 heavy (non-hydrogen) atoms. The van der Waals surface area contributed by atoms with Gasteiger partial charge in [0.2, 0.25) is 0 Å². The molecule has 0 heterocycles. The summed E-state index contributed by atoms with van der Waals surface area (Å²) in [7, 11) is 0. The third-order valence-electron chi connectivity index (χ3n) is 3.18. The summed E-state index contributed by atoms with van der Waals surface area (Å²) in [5, 5.41) is 8.73. The number of nitrogens with two attached hydrogens (primary N) is 1. The van der Waals surface area contributed by atoms with Gasteiger partial charge in [-0.05, 0) is 39.3 Å². The molecule has 0 aromatic heterocycles. The van der Waals surface area contributed by atoms with E-state index in [1.807, 2.05) is 0 Å². The van der Waals surface area contributed by atoms with E-state index >= 15 is 0 Å². The van der Waals surface area contributed by atoms with Gasteiger partial charge in [-0.1, -0.05) is 13.8 Å². The molecule has 3 nitrogen and oxygen atoms in total. The van der Waals surface area contributed by atoms with E-state index in [1.54, 1.807) is 0 Å². The minimum atomic E-state index is 0.129. The summed E-state index contributed by atoms with van der Waals surface area (Å²) < 4.78 is 0. The maximum Gasteiger partial charge on any atom is 0.0431 e. The van der Waals surface area contributed by atoms with Gasteiger partial charge in [0.1, 0.15) is 0 Å². The minimum Gasteiger partial charge on any atom is -0.396 e. The van der Waals surface area contributed by atoms with Gasteiger partial charge in [0.25, 0.3) is 0 Å². The molecule has 0 aliphatic heterocycles. The second-order valence-electron chi connectivity index (χ2n) is 4.07. The monoisotopic (exact) mass is 202 g/mol. The Balaban J connectivity index is 4.08. The topological polar surface area (TPSA) is 49.5 Å². The molecule has 0 saturated carbocycles. The number of rotatable bonds is 8. The van der Waals surface area contributed by atoms with Crippen LogP contribution >= 0.6 is 0 Å². The summed E-state index contributed by atoms with van der Waals surface area (Å²) >= 11 is 0. The SMILES string of the molecule is CCN(CCCCO)C(C)(CC)CN. The summed E-state index contributed by atoms with van der Waals surface area (Å²) in [6, 6.07) is 0. The fourth-order valence-corrected chi connectivity index (χ4v) is 1.72. The van der Waals surface area contributed by atoms with E-state index in [1.165, 1.54) is 0 Å². The van der Waals surface area contributed by atoms with E-state index in [2.05, 4.69) is 25.7 Å². The Hall–Kier alpha value is -0.120. The molecule has 0 rings (SSSR count). The number of unbranched alkanes of at least 4 members (excludes halogenated alkanes) is 1. The van der Waals surface area contributed by atoms with Gasteiger partial charge in [-0.2, -0.15) is 0 Å². The van der Waals surface area contributed by atoms with Crippen molar-refractivity contribution in [3.05, 3.63) is 0 Å². The van der Waals surface area contributed by atoms with Gasteiger partial charge in [0.15, 0.2) is 0 Å². The average Bonchev–Trinajstić information content (AvgIpc) is 2.23. The normalized spacial score (nSPS) is 15.9. The highest BCUT2D eigenvalue weighted by atomic mass is 16.2. The second-order valence-corrected chi connectivity index (χ2v) is 4.07. The number of hydrogen-bond acceptors (Lipinski definition) is 3. The van der Waals surface area contributed by atoms with Gasteiger partial charge in [-0.25, -0.2) is 0 Å². The molecule has 0 aromatic carbocycles. The van der Waals surface area contributed by atoms with Gasteiger partial charge in [0.05, 0.1) is 0 Å². The van der Waals surface area contributed by atoms with Crippen LogP contribution in [0.15, 0.2) is 0 Å². The van der Waals surface area contributed by atoms with Crippen LogP contribution in [0.1, 0.15) is 40.0 Å². The molecular weight excluding hydrogens is 176 g/mol. The number of aliphatic hydroxyl groups is 1. The summed E-state index contributed by atoms with van der Waals surface area (Å²) in [5.41, 5.74) is 5.94. The third kappa shape index (κ3) is 3.95. The lowest BCUT2D eigenvalue weighted by molar-refractivity contribution is 0.108. The molecule has 0 aliphatic rings. The van der Waals surface area contributed by atoms with Crippen molar-refractivity contribution in [2.45, 2.75) is 45.6 Å². The smallest absolute Gasteiger partial charge is 0.0431 e. The van der Waals surface area contributed by atoms with Crippen molar-refractivity contribution < 1.29 is 5.11 Å². The number of nitrogens with zero attached hydrogens (tertiary/aromatic N) is 1. The molecule has 0 spiro atoms. The zero-order chi connectivity index (χ0) is 11.0. The second kappa shape index (κ2) is 7.21. The van der Waals surface area contributed by atoms with Crippen LogP contribution in [0.4, 0.5) is 0 Å². The van der Waals surface area contributed by atoms with Crippen molar-refractivity contribution in [1.82, 2.24) is 4.90 Å². The van der Waals surface area contributed by atoms with Crippen LogP contribution in [0.3, 0.4) is 0 Å². The van der Waals surface area contributed by atoms with E-state index in [0.717, 1.165) is 32.4 Å². The Kier molecular flexibility index (Phi) is 7.15. The molecule has 0 aromatic rings. The zero-order valence-electron chi connectivity index (χ0n) is 9.92. The third-order valence-corrected chi connectivity index (χ3v) is 3.18. The molecule has 1 atom stereocenters. The molecule has 0 saturated heterocycles. The van der Waals surface area contributed by atoms with Gasteiger partial charge in [0, 0.05) is 18.7 Å². The molecule has 86 valence electrons. The van der Waals surface area contributed by atoms with Crippen molar-refractivity contribution in [2.24, 2.45) is 5.73 Å². The summed E-state index contributed by atoms with van der Waals surface area (Å²) in [6.07, 6.45) is 3.03. The molecule has 0 radical (unpaired) electrons. The van der Waals surface area contributed by atoms with Gasteiger partial charge in [-0.3, -0.25) is 4.90 Å². The van der Waals surface area contributed by atoms with Crippen LogP contribution in [0.2, 0.25) is 0 Å². The van der Waals surface area contributed by atoms with Gasteiger partial charge < -0.3 is 10.8 Å². The van der Waals surface area contributed by atoms with Crippen LogP contribution in [-0.4, -0.2) is 41.8 Å². The summed E-state index contributed by atoms with van der Waals surface area (Å²) in [6.45, 7) is 9.64. The first-order valence-corrected chi connectivity index (χ1v) is 5.70. The Bertz CT molecular complexity index is 135. The first-order valence-electron chi connectivity index (χ1n) is 5.70. The molecule has 0 fully saturated rings. The van der Waals surface area contributed by atoms with Crippen molar-refractivity contribution in [2.75, 3.05) is 26.2 Å². The maximum absolute atomic E-state index is 8.73. The van der Waals surface area contributed by atoms with Crippen LogP contribution in [0, 0.1) is 0 Å². The zero-order valence-corrected chi connectivity index (χ0v) is 9.92. The van der Waals surface area contributed by atoms with Gasteiger partial charge >= 0.3 is 0 Å². The highest BCUT2D eigenvalue weighted by Crippen LogP contribution is 2.18. The summed E-state index contributed by atoms with van der Waals surface area (Å²) in [4.78, 5) is 2.42. The van der Waals surface area contributed by atoms with Gasteiger partial charge in [-0.15, -0.1) is 0 Å². The minimum absolute atomic E-state index is 0.129. The van der Waals surface area contributed by atoms with Crippen molar-refractivity contribution >= 4 is 0 Å². The van der Waals surface area contributed by atoms with E-state index in [9.17, 15) is 0 Å². The first kappa shape index (κ1) is 13.9. The quantitative estimate of drug-likeness (QED) is 0.582. The number of hydrogen-bond donors (Lipinski definition) is 2. The Labute approximate surface area is 88.3 Å². The lowest BCUT2D eigenvalue weighted by Crippen LogP contribution is -2.51. The maximum atomic E-state index is 8.73. The highest BCUT2D eigenvalue weighted by molar-refractivity contribution is 4.85. The van der Waals surface area contributed by atoms with Crippen LogP contribution in [-0.2, 0) is 0 Å². The molecule has 3 heteroatoms. The Morgan fingerprint density at radius 3 is 2.29 bits per heavy atom. The molecule has 0 amide bonds. The first-order chi connectivity index (χ1) is 6.64. The van der Waals surface area contributed by atoms with Crippen LogP contribution < -0.4 is 5.73 Å². The lowest BCUT2D eigenvalue weighted by Gasteiger charge is -2.39. The van der Waals surface area contributed by atoms with Crippen molar-refractivity contribution in [3.8, 4) is 0 Å². The molecular formula is C11H26N2O. The standard InChI is InChI=1S/C11H26N2O/c1-4-11(3,10-12)13(5-2)8-6-7-9-14/h14H,4-10,12H2,1-3H3. The van der Waals surface area contributed by atoms with E-state index in [4.69, 9.17) is 10.8 Å². The van der Waals surface area contributed by atoms with Crippen LogP contribution in [0.5, 0.6) is 0 Å². The highest BCUT2D eigenvalue weighted by Gasteiger charge is 2.26. The number of aliphatic hydroxyl groups excluding tert-OH is 1. The fourth-order valence-electron chi connectivity index (χ4n) is 1.72. The molecule has 1 unspecified atom stereocenters. The predicted octanol–water partition coefficient (Wildman–Crippen LogP) is 1.21. The molecule has 3 N–H and O–H groups in total. The predicted molar refractivity (Wildman–Crippen MR) is 61.3 cm³/mol. The number of likely N-dealkylation sites (N-methyl/N-ethyl adjacent to an activating group) is 1. The fraction of sp³-hybridized carbons (Fsp3) is 1.00. The molecule has 0 aliphatic carbocycles. The van der Waals surface area contributed by atoms with Crippen molar-refractivity contribution in [3.63, 3.8) is 0 Å². The lowest BCUT2D eigenvalue weighted by atomic mass is 9.96. The average molecular weight is 202 g/mol. The largest absolute Gasteiger partial charge is 0.396 e. The Morgan fingerprint density at radius 1 is 1.29 bits per heavy atom. The summed E-state index contributed by atoms with van der Waals surface area (Å²) in [5.74, 6) is 0. The van der Waals surface area contributed by atoms with E-state index in [-0.39, 0.29) is 5.54 Å². The van der Waals surface area contributed by atoms with Crippen LogP contribution in [0.25, 0.3) is 0 Å². The Morgan fingerprint density at radius 2 is 1.93 bits per heavy atom. The van der Waals surface area contributed by atoms with Crippen molar-refractivity contribution in [1.29, 1.82) is 0 Å². The molecule has 0 bridgehead atoms.